The average molecular weight is 240 g/mol. The van der Waals surface area contributed by atoms with Crippen LogP contribution in [0.1, 0.15) is 39.0 Å². The van der Waals surface area contributed by atoms with Crippen molar-refractivity contribution in [2.24, 2.45) is 5.92 Å². The molecule has 0 amide bonds. The molecule has 0 aromatic carbocycles. The van der Waals surface area contributed by atoms with Gasteiger partial charge >= 0.3 is 11.9 Å². The number of aliphatic carboxylic acids is 2. The molecule has 0 saturated heterocycles. The first kappa shape index (κ1) is 15.4. The van der Waals surface area contributed by atoms with Crippen LogP contribution >= 0.6 is 0 Å². The molecule has 1 saturated carbocycles. The summed E-state index contributed by atoms with van der Waals surface area (Å²) in [6.07, 6.45) is 8.93. The van der Waals surface area contributed by atoms with Gasteiger partial charge < -0.3 is 10.2 Å². The van der Waals surface area contributed by atoms with Gasteiger partial charge in [0.25, 0.3) is 0 Å². The van der Waals surface area contributed by atoms with Crippen molar-refractivity contribution in [3.8, 4) is 0 Å². The zero-order chi connectivity index (χ0) is 13.3. The Balaban J connectivity index is 0.000000437. The van der Waals surface area contributed by atoms with Gasteiger partial charge in [-0.25, -0.2) is 9.59 Å². The highest BCUT2D eigenvalue weighted by atomic mass is 16.4. The van der Waals surface area contributed by atoms with Crippen molar-refractivity contribution in [1.82, 2.24) is 0 Å². The summed E-state index contributed by atoms with van der Waals surface area (Å²) in [5.41, 5.74) is 0.502. The molecule has 4 nitrogen and oxygen atoms in total. The number of rotatable bonds is 3. The van der Waals surface area contributed by atoms with Crippen LogP contribution in [0.4, 0.5) is 0 Å². The summed E-state index contributed by atoms with van der Waals surface area (Å²) in [5.74, 6) is -1.24. The second kappa shape index (κ2) is 8.56. The Hall–Kier alpha value is -1.58. The Labute approximate surface area is 102 Å². The van der Waals surface area contributed by atoms with Crippen molar-refractivity contribution in [2.75, 3.05) is 0 Å². The van der Waals surface area contributed by atoms with E-state index in [0.717, 1.165) is 6.08 Å². The van der Waals surface area contributed by atoms with E-state index >= 15 is 0 Å². The fraction of sp³-hybridized carbons (Fsp3) is 0.538. The standard InChI is InChI=1S/C10H16O2.C3H4O2/c1-8(10(11)12)7-9-5-3-2-4-6-9;1-2-3(4)5/h7,9H,2-6H2,1H3,(H,11,12);2H,1H2,(H,4,5). The fourth-order valence-corrected chi connectivity index (χ4v) is 1.73. The Morgan fingerprint density at radius 1 is 1.18 bits per heavy atom. The minimum absolute atomic E-state index is 0.502. The number of hydrogen-bond donors (Lipinski definition) is 2. The predicted octanol–water partition coefficient (Wildman–Crippen LogP) is 2.85. The summed E-state index contributed by atoms with van der Waals surface area (Å²) in [4.78, 5) is 19.8. The predicted molar refractivity (Wildman–Crippen MR) is 65.8 cm³/mol. The summed E-state index contributed by atoms with van der Waals surface area (Å²) < 4.78 is 0. The Morgan fingerprint density at radius 3 is 2.00 bits per heavy atom. The maximum Gasteiger partial charge on any atom is 0.330 e. The van der Waals surface area contributed by atoms with E-state index in [1.165, 1.54) is 32.1 Å². The maximum atomic E-state index is 10.5. The zero-order valence-electron chi connectivity index (χ0n) is 10.2. The second-order valence-electron chi connectivity index (χ2n) is 4.10. The first-order valence-electron chi connectivity index (χ1n) is 5.74. The summed E-state index contributed by atoms with van der Waals surface area (Å²) >= 11 is 0. The van der Waals surface area contributed by atoms with E-state index in [0.29, 0.717) is 11.5 Å². The lowest BCUT2D eigenvalue weighted by molar-refractivity contribution is -0.133. The normalized spacial score (nSPS) is 16.6. The molecule has 0 heterocycles. The van der Waals surface area contributed by atoms with Crippen LogP contribution in [-0.4, -0.2) is 22.2 Å². The van der Waals surface area contributed by atoms with Gasteiger partial charge in [-0.05, 0) is 25.7 Å². The number of allylic oxidation sites excluding steroid dienone is 1. The van der Waals surface area contributed by atoms with Gasteiger partial charge in [0.05, 0.1) is 0 Å². The molecule has 2 N–H and O–H groups in total. The number of hydrogen-bond acceptors (Lipinski definition) is 2. The highest BCUT2D eigenvalue weighted by molar-refractivity contribution is 5.85. The molecule has 1 aliphatic rings. The topological polar surface area (TPSA) is 74.6 Å². The number of carboxylic acid groups (broad SMARTS) is 2. The quantitative estimate of drug-likeness (QED) is 0.744. The van der Waals surface area contributed by atoms with E-state index in [1.54, 1.807) is 6.92 Å². The monoisotopic (exact) mass is 240 g/mol. The molecule has 0 atom stereocenters. The van der Waals surface area contributed by atoms with Gasteiger partial charge in [0.1, 0.15) is 0 Å². The largest absolute Gasteiger partial charge is 0.478 e. The summed E-state index contributed by atoms with van der Waals surface area (Å²) in [6.45, 7) is 4.64. The third-order valence-corrected chi connectivity index (χ3v) is 2.65. The Kier molecular flexibility index (Phi) is 7.76. The molecule has 0 unspecified atom stereocenters. The van der Waals surface area contributed by atoms with Crippen molar-refractivity contribution < 1.29 is 19.8 Å². The van der Waals surface area contributed by atoms with Crippen LogP contribution < -0.4 is 0 Å². The summed E-state index contributed by atoms with van der Waals surface area (Å²) in [6, 6.07) is 0. The van der Waals surface area contributed by atoms with Gasteiger partial charge in [-0.15, -0.1) is 0 Å². The summed E-state index contributed by atoms with van der Waals surface area (Å²) in [5, 5.41) is 16.2. The molecule has 0 aromatic rings. The van der Waals surface area contributed by atoms with Gasteiger partial charge in [0.15, 0.2) is 0 Å². The molecule has 0 bridgehead atoms. The van der Waals surface area contributed by atoms with Gasteiger partial charge in [-0.1, -0.05) is 31.9 Å². The van der Waals surface area contributed by atoms with Gasteiger partial charge in [-0.3, -0.25) is 0 Å². The minimum atomic E-state index is -0.981. The smallest absolute Gasteiger partial charge is 0.330 e. The second-order valence-corrected chi connectivity index (χ2v) is 4.10. The van der Waals surface area contributed by atoms with E-state index in [9.17, 15) is 9.59 Å². The lowest BCUT2D eigenvalue weighted by Gasteiger charge is -2.18. The molecule has 1 aliphatic carbocycles. The molecule has 1 fully saturated rings. The van der Waals surface area contributed by atoms with Crippen molar-refractivity contribution in [3.63, 3.8) is 0 Å². The zero-order valence-corrected chi connectivity index (χ0v) is 10.2. The van der Waals surface area contributed by atoms with Crippen LogP contribution in [-0.2, 0) is 9.59 Å². The minimum Gasteiger partial charge on any atom is -0.478 e. The van der Waals surface area contributed by atoms with Crippen LogP contribution in [0.2, 0.25) is 0 Å². The molecule has 0 aromatic heterocycles. The first-order valence-corrected chi connectivity index (χ1v) is 5.74. The van der Waals surface area contributed by atoms with Crippen molar-refractivity contribution >= 4 is 11.9 Å². The van der Waals surface area contributed by atoms with Gasteiger partial charge in [0, 0.05) is 11.6 Å². The molecule has 17 heavy (non-hydrogen) atoms. The fourth-order valence-electron chi connectivity index (χ4n) is 1.73. The summed E-state index contributed by atoms with van der Waals surface area (Å²) in [7, 11) is 0. The molecule has 0 spiro atoms. The van der Waals surface area contributed by atoms with Gasteiger partial charge in [-0.2, -0.15) is 0 Å². The van der Waals surface area contributed by atoms with Crippen LogP contribution in [0.15, 0.2) is 24.3 Å². The first-order chi connectivity index (χ1) is 7.97. The molecule has 96 valence electrons. The SMILES string of the molecule is C=CC(=O)O.CC(=CC1CCCCC1)C(=O)O. The number of carbonyl (C=O) groups is 2. The van der Waals surface area contributed by atoms with E-state index in [2.05, 4.69) is 6.58 Å². The van der Waals surface area contributed by atoms with E-state index in [4.69, 9.17) is 10.2 Å². The molecule has 4 heteroatoms. The Bertz CT molecular complexity index is 299. The molecular weight excluding hydrogens is 220 g/mol. The van der Waals surface area contributed by atoms with Crippen LogP contribution in [0.3, 0.4) is 0 Å². The molecular formula is C13H20O4. The van der Waals surface area contributed by atoms with Crippen molar-refractivity contribution in [1.29, 1.82) is 0 Å². The third-order valence-electron chi connectivity index (χ3n) is 2.65. The third kappa shape index (κ3) is 8.25. The van der Waals surface area contributed by atoms with Crippen LogP contribution in [0.25, 0.3) is 0 Å². The van der Waals surface area contributed by atoms with E-state index in [1.807, 2.05) is 6.08 Å². The molecule has 0 radical (unpaired) electrons. The molecule has 0 aliphatic heterocycles. The molecule has 1 rings (SSSR count). The van der Waals surface area contributed by atoms with Gasteiger partial charge in [0.2, 0.25) is 0 Å². The lowest BCUT2D eigenvalue weighted by Crippen LogP contribution is -2.06. The van der Waals surface area contributed by atoms with E-state index < -0.39 is 11.9 Å². The maximum absolute atomic E-state index is 10.5. The Morgan fingerprint density at radius 2 is 1.65 bits per heavy atom. The highest BCUT2D eigenvalue weighted by Gasteiger charge is 2.12. The van der Waals surface area contributed by atoms with Crippen molar-refractivity contribution in [3.05, 3.63) is 24.3 Å². The highest BCUT2D eigenvalue weighted by Crippen LogP contribution is 2.25. The van der Waals surface area contributed by atoms with Crippen LogP contribution in [0, 0.1) is 5.92 Å². The van der Waals surface area contributed by atoms with E-state index in [-0.39, 0.29) is 0 Å². The van der Waals surface area contributed by atoms with Crippen LogP contribution in [0.5, 0.6) is 0 Å². The van der Waals surface area contributed by atoms with Crippen molar-refractivity contribution in [2.45, 2.75) is 39.0 Å². The number of carboxylic acids is 2. The average Bonchev–Trinajstić information content (AvgIpc) is 2.31. The lowest BCUT2D eigenvalue weighted by atomic mass is 9.88.